The van der Waals surface area contributed by atoms with Crippen molar-refractivity contribution in [2.45, 2.75) is 25.9 Å². The van der Waals surface area contributed by atoms with Gasteiger partial charge in [0, 0.05) is 36.4 Å². The first kappa shape index (κ1) is 12.9. The Balaban J connectivity index is 2.12. The van der Waals surface area contributed by atoms with Gasteiger partial charge in [0.2, 0.25) is 0 Å². The highest BCUT2D eigenvalue weighted by atomic mass is 16.2. The van der Waals surface area contributed by atoms with E-state index in [4.69, 9.17) is 5.73 Å². The van der Waals surface area contributed by atoms with Crippen LogP contribution in [0.25, 0.3) is 0 Å². The zero-order valence-electron chi connectivity index (χ0n) is 11.3. The van der Waals surface area contributed by atoms with E-state index in [1.807, 2.05) is 4.90 Å². The zero-order chi connectivity index (χ0) is 13.3. The van der Waals surface area contributed by atoms with Gasteiger partial charge in [-0.15, -0.1) is 0 Å². The van der Waals surface area contributed by atoms with Gasteiger partial charge in [0.15, 0.2) is 0 Å². The molecule has 18 heavy (non-hydrogen) atoms. The van der Waals surface area contributed by atoms with E-state index in [9.17, 15) is 4.79 Å². The molecule has 2 atom stereocenters. The maximum Gasteiger partial charge on any atom is 0.253 e. The highest BCUT2D eigenvalue weighted by Gasteiger charge is 2.29. The normalized spacial score (nSPS) is 25.2. The predicted octanol–water partition coefficient (Wildman–Crippen LogP) is 1.43. The van der Waals surface area contributed by atoms with Crippen molar-refractivity contribution >= 4 is 11.6 Å². The maximum atomic E-state index is 12.4. The van der Waals surface area contributed by atoms with E-state index in [0.29, 0.717) is 23.3 Å². The third-order valence-corrected chi connectivity index (χ3v) is 3.80. The van der Waals surface area contributed by atoms with Gasteiger partial charge < -0.3 is 10.6 Å². The molecule has 2 unspecified atom stereocenters. The fourth-order valence-corrected chi connectivity index (χ4v) is 2.38. The fourth-order valence-electron chi connectivity index (χ4n) is 2.38. The minimum Gasteiger partial charge on any atom is -0.399 e. The molecule has 0 bridgehead atoms. The highest BCUT2D eigenvalue weighted by Crippen LogP contribution is 2.16. The van der Waals surface area contributed by atoms with Crippen molar-refractivity contribution in [3.63, 3.8) is 0 Å². The van der Waals surface area contributed by atoms with E-state index in [1.54, 1.807) is 24.3 Å². The molecule has 2 N–H and O–H groups in total. The molecular weight excluding hydrogens is 226 g/mol. The molecular formula is C14H21N3O. The van der Waals surface area contributed by atoms with Crippen molar-refractivity contribution in [3.05, 3.63) is 29.8 Å². The number of hydrogen-bond donors (Lipinski definition) is 1. The summed E-state index contributed by atoms with van der Waals surface area (Å²) in [4.78, 5) is 16.6. The Bertz CT molecular complexity index is 417. The number of nitrogen functional groups attached to an aromatic ring is 1. The number of rotatable bonds is 1. The summed E-state index contributed by atoms with van der Waals surface area (Å²) in [5.74, 6) is 0.0989. The average Bonchev–Trinajstić information content (AvgIpc) is 2.35. The second-order valence-electron chi connectivity index (χ2n) is 5.20. The van der Waals surface area contributed by atoms with Crippen LogP contribution in [0.2, 0.25) is 0 Å². The van der Waals surface area contributed by atoms with E-state index < -0.39 is 0 Å². The monoisotopic (exact) mass is 247 g/mol. The molecule has 1 aromatic rings. The van der Waals surface area contributed by atoms with Gasteiger partial charge in [-0.05, 0) is 45.2 Å². The first-order valence-corrected chi connectivity index (χ1v) is 6.36. The van der Waals surface area contributed by atoms with Gasteiger partial charge in [0.25, 0.3) is 5.91 Å². The van der Waals surface area contributed by atoms with Gasteiger partial charge in [-0.1, -0.05) is 0 Å². The molecule has 4 nitrogen and oxygen atoms in total. The van der Waals surface area contributed by atoms with Crippen LogP contribution in [0.5, 0.6) is 0 Å². The van der Waals surface area contributed by atoms with Gasteiger partial charge in [0.1, 0.15) is 0 Å². The number of carbonyl (C=O) groups excluding carboxylic acids is 1. The summed E-state index contributed by atoms with van der Waals surface area (Å²) in [6.07, 6.45) is 0. The van der Waals surface area contributed by atoms with Crippen LogP contribution in [-0.2, 0) is 0 Å². The molecule has 1 aromatic carbocycles. The minimum atomic E-state index is 0.0989. The van der Waals surface area contributed by atoms with Crippen molar-refractivity contribution in [1.82, 2.24) is 9.80 Å². The van der Waals surface area contributed by atoms with E-state index >= 15 is 0 Å². The summed E-state index contributed by atoms with van der Waals surface area (Å²) in [6.45, 7) is 5.87. The largest absolute Gasteiger partial charge is 0.399 e. The third-order valence-electron chi connectivity index (χ3n) is 3.80. The van der Waals surface area contributed by atoms with Crippen LogP contribution < -0.4 is 5.73 Å². The van der Waals surface area contributed by atoms with Crippen LogP contribution in [0.4, 0.5) is 5.69 Å². The van der Waals surface area contributed by atoms with Crippen LogP contribution in [0.1, 0.15) is 24.2 Å². The number of piperazine rings is 1. The Kier molecular flexibility index (Phi) is 3.57. The SMILES string of the molecule is CC1CN(C(=O)c2ccc(N)cc2)CC(C)N1C. The molecule has 0 saturated carbocycles. The molecule has 1 heterocycles. The number of carbonyl (C=O) groups is 1. The lowest BCUT2D eigenvalue weighted by molar-refractivity contribution is 0.0414. The topological polar surface area (TPSA) is 49.6 Å². The lowest BCUT2D eigenvalue weighted by Gasteiger charge is -2.42. The van der Waals surface area contributed by atoms with Crippen LogP contribution in [-0.4, -0.2) is 47.9 Å². The minimum absolute atomic E-state index is 0.0989. The molecule has 4 heteroatoms. The van der Waals surface area contributed by atoms with E-state index in [0.717, 1.165) is 13.1 Å². The standard InChI is InChI=1S/C14H21N3O/c1-10-8-17(9-11(2)16(10)3)14(18)12-4-6-13(15)7-5-12/h4-7,10-11H,8-9,15H2,1-3H3. The average molecular weight is 247 g/mol. The first-order valence-electron chi connectivity index (χ1n) is 6.36. The van der Waals surface area contributed by atoms with E-state index in [-0.39, 0.29) is 5.91 Å². The molecule has 0 radical (unpaired) electrons. The Labute approximate surface area is 108 Å². The van der Waals surface area contributed by atoms with Crippen LogP contribution in [0.15, 0.2) is 24.3 Å². The molecule has 0 aromatic heterocycles. The van der Waals surface area contributed by atoms with Gasteiger partial charge >= 0.3 is 0 Å². The summed E-state index contributed by atoms with van der Waals surface area (Å²) in [5.41, 5.74) is 7.04. The molecule has 1 amide bonds. The van der Waals surface area contributed by atoms with E-state index in [2.05, 4.69) is 25.8 Å². The lowest BCUT2D eigenvalue weighted by Crippen LogP contribution is -2.56. The van der Waals surface area contributed by atoms with Crippen LogP contribution >= 0.6 is 0 Å². The van der Waals surface area contributed by atoms with E-state index in [1.165, 1.54) is 0 Å². The zero-order valence-corrected chi connectivity index (χ0v) is 11.3. The molecule has 0 spiro atoms. The van der Waals surface area contributed by atoms with Gasteiger partial charge in [0.05, 0.1) is 0 Å². The first-order chi connectivity index (χ1) is 8.49. The maximum absolute atomic E-state index is 12.4. The Hall–Kier alpha value is -1.55. The van der Waals surface area contributed by atoms with Crippen LogP contribution in [0.3, 0.4) is 0 Å². The van der Waals surface area contributed by atoms with Gasteiger partial charge in [-0.3, -0.25) is 9.69 Å². The smallest absolute Gasteiger partial charge is 0.253 e. The number of anilines is 1. The number of nitrogens with two attached hydrogens (primary N) is 1. The Morgan fingerprint density at radius 3 is 2.17 bits per heavy atom. The molecule has 98 valence electrons. The van der Waals surface area contributed by atoms with Gasteiger partial charge in [-0.25, -0.2) is 0 Å². The van der Waals surface area contributed by atoms with Gasteiger partial charge in [-0.2, -0.15) is 0 Å². The molecule has 1 fully saturated rings. The summed E-state index contributed by atoms with van der Waals surface area (Å²) in [6, 6.07) is 7.93. The second kappa shape index (κ2) is 4.98. The molecule has 2 rings (SSSR count). The number of nitrogens with zero attached hydrogens (tertiary/aromatic N) is 2. The molecule has 1 aliphatic rings. The lowest BCUT2D eigenvalue weighted by atomic mass is 10.1. The van der Waals surface area contributed by atoms with Crippen molar-refractivity contribution in [3.8, 4) is 0 Å². The quantitative estimate of drug-likeness (QED) is 0.764. The number of amides is 1. The Morgan fingerprint density at radius 1 is 1.17 bits per heavy atom. The summed E-state index contributed by atoms with van der Waals surface area (Å²) in [5, 5.41) is 0. The van der Waals surface area contributed by atoms with Crippen LogP contribution in [0, 0.1) is 0 Å². The number of likely N-dealkylation sites (N-methyl/N-ethyl adjacent to an activating group) is 1. The molecule has 1 saturated heterocycles. The third kappa shape index (κ3) is 2.48. The summed E-state index contributed by atoms with van der Waals surface area (Å²) in [7, 11) is 2.11. The van der Waals surface area contributed by atoms with Crippen molar-refractivity contribution < 1.29 is 4.79 Å². The van der Waals surface area contributed by atoms with Crippen molar-refractivity contribution in [1.29, 1.82) is 0 Å². The summed E-state index contributed by atoms with van der Waals surface area (Å²) >= 11 is 0. The molecule has 1 aliphatic heterocycles. The predicted molar refractivity (Wildman–Crippen MR) is 73.4 cm³/mol. The fraction of sp³-hybridized carbons (Fsp3) is 0.500. The molecule has 0 aliphatic carbocycles. The van der Waals surface area contributed by atoms with Crippen molar-refractivity contribution in [2.75, 3.05) is 25.9 Å². The summed E-state index contributed by atoms with van der Waals surface area (Å²) < 4.78 is 0. The number of hydrogen-bond acceptors (Lipinski definition) is 3. The Morgan fingerprint density at radius 2 is 1.67 bits per heavy atom. The van der Waals surface area contributed by atoms with Crippen molar-refractivity contribution in [2.24, 2.45) is 0 Å². The second-order valence-corrected chi connectivity index (χ2v) is 5.20. The number of benzene rings is 1. The highest BCUT2D eigenvalue weighted by molar-refractivity contribution is 5.94.